The van der Waals surface area contributed by atoms with Gasteiger partial charge in [-0.3, -0.25) is 14.3 Å². The van der Waals surface area contributed by atoms with Gasteiger partial charge in [0.25, 0.3) is 5.56 Å². The van der Waals surface area contributed by atoms with Gasteiger partial charge in [0.1, 0.15) is 30.2 Å². The summed E-state index contributed by atoms with van der Waals surface area (Å²) in [6.45, 7) is 0.152. The number of nitrogens with zero attached hydrogens (tertiary/aromatic N) is 4. The maximum atomic E-state index is 14.4. The molecule has 7 nitrogen and oxygen atoms in total. The minimum atomic E-state index is -0.573. The normalized spacial score (nSPS) is 11.9. The van der Waals surface area contributed by atoms with E-state index < -0.39 is 5.82 Å². The Labute approximate surface area is 170 Å². The minimum Gasteiger partial charge on any atom is -0.485 e. The predicted octanol–water partition coefficient (Wildman–Crippen LogP) is 3.39. The molecule has 5 rings (SSSR count). The molecule has 1 N–H and O–H groups in total. The predicted molar refractivity (Wildman–Crippen MR) is 108 cm³/mol. The van der Waals surface area contributed by atoms with Crippen molar-refractivity contribution in [3.05, 3.63) is 88.7 Å². The molecule has 0 bridgehead atoms. The Morgan fingerprint density at radius 1 is 1.10 bits per heavy atom. The second-order valence-corrected chi connectivity index (χ2v) is 6.64. The molecule has 0 aliphatic carbocycles. The molecule has 30 heavy (non-hydrogen) atoms. The average molecular weight is 399 g/mol. The third kappa shape index (κ3) is 2.69. The van der Waals surface area contributed by atoms with Crippen LogP contribution in [-0.4, -0.2) is 25.7 Å². The first kappa shape index (κ1) is 17.9. The van der Waals surface area contributed by atoms with Crippen molar-refractivity contribution in [3.63, 3.8) is 0 Å². The van der Waals surface area contributed by atoms with Crippen molar-refractivity contribution in [2.75, 3.05) is 0 Å². The van der Waals surface area contributed by atoms with Crippen molar-refractivity contribution in [2.24, 2.45) is 0 Å². The summed E-state index contributed by atoms with van der Waals surface area (Å²) in [5.74, 6) is 0.0213. The Morgan fingerprint density at radius 3 is 2.73 bits per heavy atom. The Kier molecular flexibility index (Phi) is 4.17. The summed E-state index contributed by atoms with van der Waals surface area (Å²) in [6, 6.07) is 9.66. The fourth-order valence-corrected chi connectivity index (χ4v) is 3.65. The van der Waals surface area contributed by atoms with Crippen LogP contribution in [0, 0.1) is 11.2 Å². The highest BCUT2D eigenvalue weighted by Gasteiger charge is 2.26. The maximum Gasteiger partial charge on any atom is 0.263 e. The van der Waals surface area contributed by atoms with Crippen LogP contribution in [0.15, 0.2) is 66.1 Å². The summed E-state index contributed by atoms with van der Waals surface area (Å²) >= 11 is 0. The summed E-state index contributed by atoms with van der Waals surface area (Å²) in [4.78, 5) is 26.0. The van der Waals surface area contributed by atoms with Gasteiger partial charge in [-0.1, -0.05) is 12.1 Å². The molecule has 4 aromatic rings. The topological polar surface area (TPSA) is 93.8 Å². The molecular weight excluding hydrogens is 385 g/mol. The Hall–Kier alpha value is -4.20. The van der Waals surface area contributed by atoms with Crippen molar-refractivity contribution in [1.29, 1.82) is 5.41 Å². The van der Waals surface area contributed by atoms with Gasteiger partial charge in [-0.25, -0.2) is 14.4 Å². The number of rotatable bonds is 3. The SMILES string of the molecule is N=Cc1c(F)cccc1-c1cc2c(n(-c3cncnc3)c1=O)COc1cccnc1-2. The number of ether oxygens (including phenoxy) is 1. The van der Waals surface area contributed by atoms with Crippen molar-refractivity contribution >= 4 is 6.21 Å². The minimum absolute atomic E-state index is 0.0405. The highest BCUT2D eigenvalue weighted by atomic mass is 19.1. The van der Waals surface area contributed by atoms with Crippen LogP contribution >= 0.6 is 0 Å². The average Bonchev–Trinajstić information content (AvgIpc) is 2.79. The number of pyridine rings is 2. The Bertz CT molecular complexity index is 1350. The van der Waals surface area contributed by atoms with Gasteiger partial charge in [-0.15, -0.1) is 0 Å². The van der Waals surface area contributed by atoms with Crippen molar-refractivity contribution in [2.45, 2.75) is 6.61 Å². The van der Waals surface area contributed by atoms with E-state index in [0.29, 0.717) is 34.0 Å². The molecule has 0 fully saturated rings. The highest BCUT2D eigenvalue weighted by molar-refractivity contribution is 5.90. The fourth-order valence-electron chi connectivity index (χ4n) is 3.65. The molecule has 0 unspecified atom stereocenters. The number of hydrogen-bond acceptors (Lipinski definition) is 6. The zero-order valence-corrected chi connectivity index (χ0v) is 15.5. The van der Waals surface area contributed by atoms with E-state index in [1.54, 1.807) is 30.5 Å². The molecule has 0 amide bonds. The zero-order chi connectivity index (χ0) is 20.7. The van der Waals surface area contributed by atoms with Crippen LogP contribution in [0.4, 0.5) is 4.39 Å². The molecule has 1 aliphatic heterocycles. The molecule has 3 aromatic heterocycles. The van der Waals surface area contributed by atoms with Crippen LogP contribution in [0.5, 0.6) is 5.75 Å². The lowest BCUT2D eigenvalue weighted by molar-refractivity contribution is 0.292. The van der Waals surface area contributed by atoms with Gasteiger partial charge in [-0.05, 0) is 29.8 Å². The van der Waals surface area contributed by atoms with Gasteiger partial charge in [0.2, 0.25) is 0 Å². The third-order valence-corrected chi connectivity index (χ3v) is 4.99. The van der Waals surface area contributed by atoms with Crippen LogP contribution < -0.4 is 10.3 Å². The third-order valence-electron chi connectivity index (χ3n) is 4.99. The number of nitrogens with one attached hydrogen (secondary N) is 1. The standard InChI is InChI=1S/C22H14FN5O2/c23-18-4-1-3-14(17(18)8-24)15-7-16-19(11-30-20-5-2-6-27-21(16)20)28(22(15)29)13-9-25-12-26-10-13/h1-10,12,24H,11H2. The first-order chi connectivity index (χ1) is 14.7. The lowest BCUT2D eigenvalue weighted by atomic mass is 9.96. The van der Waals surface area contributed by atoms with Crippen molar-refractivity contribution in [3.8, 4) is 33.8 Å². The van der Waals surface area contributed by atoms with Gasteiger partial charge in [0.05, 0.1) is 23.8 Å². The first-order valence-corrected chi connectivity index (χ1v) is 9.11. The van der Waals surface area contributed by atoms with E-state index in [-0.39, 0.29) is 23.3 Å². The van der Waals surface area contributed by atoms with E-state index in [4.69, 9.17) is 10.1 Å². The molecule has 0 spiro atoms. The number of fused-ring (bicyclic) bond motifs is 3. The molecule has 146 valence electrons. The molecule has 0 radical (unpaired) electrons. The van der Waals surface area contributed by atoms with Crippen LogP contribution in [0.1, 0.15) is 11.3 Å². The van der Waals surface area contributed by atoms with E-state index in [9.17, 15) is 9.18 Å². The van der Waals surface area contributed by atoms with Gasteiger partial charge < -0.3 is 10.1 Å². The van der Waals surface area contributed by atoms with Crippen LogP contribution in [0.3, 0.4) is 0 Å². The highest BCUT2D eigenvalue weighted by Crippen LogP contribution is 2.37. The van der Waals surface area contributed by atoms with E-state index in [1.165, 1.54) is 35.4 Å². The quantitative estimate of drug-likeness (QED) is 0.533. The molecule has 0 atom stereocenters. The van der Waals surface area contributed by atoms with Crippen LogP contribution in [0.2, 0.25) is 0 Å². The van der Waals surface area contributed by atoms with Crippen LogP contribution in [-0.2, 0) is 6.61 Å². The lowest BCUT2D eigenvalue weighted by Crippen LogP contribution is -2.27. The number of aromatic nitrogens is 4. The van der Waals surface area contributed by atoms with E-state index in [2.05, 4.69) is 15.0 Å². The maximum absolute atomic E-state index is 14.4. The van der Waals surface area contributed by atoms with Gasteiger partial charge in [0.15, 0.2) is 0 Å². The van der Waals surface area contributed by atoms with E-state index in [1.807, 2.05) is 0 Å². The molecular formula is C22H14FN5O2. The molecule has 8 heteroatoms. The van der Waals surface area contributed by atoms with E-state index in [0.717, 1.165) is 6.21 Å². The molecule has 1 aliphatic rings. The second kappa shape index (κ2) is 7.00. The Morgan fingerprint density at radius 2 is 1.93 bits per heavy atom. The van der Waals surface area contributed by atoms with E-state index >= 15 is 0 Å². The fraction of sp³-hybridized carbons (Fsp3) is 0.0455. The van der Waals surface area contributed by atoms with Crippen LogP contribution in [0.25, 0.3) is 28.1 Å². The number of hydrogen-bond donors (Lipinski definition) is 1. The van der Waals surface area contributed by atoms with Crippen molar-refractivity contribution < 1.29 is 9.13 Å². The molecule has 1 aromatic carbocycles. The monoisotopic (exact) mass is 399 g/mol. The number of halogens is 1. The largest absolute Gasteiger partial charge is 0.485 e. The number of benzene rings is 1. The molecule has 0 saturated carbocycles. The Balaban J connectivity index is 1.90. The summed E-state index contributed by atoms with van der Waals surface area (Å²) in [6.07, 6.45) is 6.97. The van der Waals surface area contributed by atoms with Gasteiger partial charge >= 0.3 is 0 Å². The first-order valence-electron chi connectivity index (χ1n) is 9.11. The lowest BCUT2D eigenvalue weighted by Gasteiger charge is -2.24. The summed E-state index contributed by atoms with van der Waals surface area (Å²) in [5, 5.41) is 7.64. The van der Waals surface area contributed by atoms with Crippen molar-refractivity contribution in [1.82, 2.24) is 19.5 Å². The molecule has 4 heterocycles. The summed E-state index contributed by atoms with van der Waals surface area (Å²) < 4.78 is 21.6. The van der Waals surface area contributed by atoms with Gasteiger partial charge in [-0.2, -0.15) is 0 Å². The zero-order valence-electron chi connectivity index (χ0n) is 15.5. The smallest absolute Gasteiger partial charge is 0.263 e. The summed E-state index contributed by atoms with van der Waals surface area (Å²) in [7, 11) is 0. The summed E-state index contributed by atoms with van der Waals surface area (Å²) in [5.41, 5.74) is 2.54. The molecule has 0 saturated heterocycles. The second-order valence-electron chi connectivity index (χ2n) is 6.64. The van der Waals surface area contributed by atoms with Gasteiger partial charge in [0, 0.05) is 29.1 Å².